The summed E-state index contributed by atoms with van der Waals surface area (Å²) in [6.45, 7) is 0.0964. The lowest BCUT2D eigenvalue weighted by Crippen LogP contribution is -2.41. The fourth-order valence-electron chi connectivity index (χ4n) is 2.69. The summed E-state index contributed by atoms with van der Waals surface area (Å²) in [6.07, 6.45) is -0.482. The second kappa shape index (κ2) is 7.35. The maximum absolute atomic E-state index is 11.7. The first-order chi connectivity index (χ1) is 10.8. The highest BCUT2D eigenvalue weighted by Crippen LogP contribution is 2.21. The summed E-state index contributed by atoms with van der Waals surface area (Å²) in [7, 11) is -3.07. The number of aliphatic hydroxyl groups is 2. The van der Waals surface area contributed by atoms with Gasteiger partial charge in [-0.25, -0.2) is 8.42 Å². The highest BCUT2D eigenvalue weighted by Gasteiger charge is 2.33. The zero-order valence-electron chi connectivity index (χ0n) is 12.5. The molecule has 2 rings (SSSR count). The average molecular weight is 344 g/mol. The molecule has 2 N–H and O–H groups in total. The predicted octanol–water partition coefficient (Wildman–Crippen LogP) is -0.0629. The molecule has 23 heavy (non-hydrogen) atoms. The Labute approximate surface area is 134 Å². The third-order valence-electron chi connectivity index (χ3n) is 3.91. The minimum Gasteiger partial charge on any atom is -0.394 e. The molecule has 1 aromatic rings. The number of aliphatic hydroxyl groups excluding tert-OH is 2. The Bertz CT molecular complexity index is 646. The maximum Gasteiger partial charge on any atom is 0.269 e. The SMILES string of the molecule is O=[N+]([O-])c1ccc(CN(C[C@@H](O)CO)[C@H]2CCS(=O)(=O)C2)cc1. The number of hydrogen-bond acceptors (Lipinski definition) is 7. The van der Waals surface area contributed by atoms with Gasteiger partial charge in [-0.2, -0.15) is 0 Å². The van der Waals surface area contributed by atoms with E-state index in [1.165, 1.54) is 12.1 Å². The maximum atomic E-state index is 11.7. The van der Waals surface area contributed by atoms with Gasteiger partial charge in [-0.1, -0.05) is 12.1 Å². The molecule has 0 amide bonds. The average Bonchev–Trinajstić information content (AvgIpc) is 2.87. The van der Waals surface area contributed by atoms with Crippen molar-refractivity contribution < 1.29 is 23.6 Å². The van der Waals surface area contributed by atoms with Crippen LogP contribution >= 0.6 is 0 Å². The van der Waals surface area contributed by atoms with Gasteiger partial charge in [-0.05, 0) is 12.0 Å². The summed E-state index contributed by atoms with van der Waals surface area (Å²) in [4.78, 5) is 12.0. The van der Waals surface area contributed by atoms with Crippen LogP contribution in [0.5, 0.6) is 0 Å². The van der Waals surface area contributed by atoms with Crippen LogP contribution in [0.1, 0.15) is 12.0 Å². The zero-order chi connectivity index (χ0) is 17.0. The molecule has 1 aliphatic rings. The van der Waals surface area contributed by atoms with Crippen molar-refractivity contribution in [3.8, 4) is 0 Å². The first-order valence-electron chi connectivity index (χ1n) is 7.27. The van der Waals surface area contributed by atoms with Gasteiger partial charge in [0.2, 0.25) is 0 Å². The van der Waals surface area contributed by atoms with Crippen molar-refractivity contribution in [3.05, 3.63) is 39.9 Å². The number of nitro benzene ring substituents is 1. The Morgan fingerprint density at radius 1 is 1.35 bits per heavy atom. The number of nitrogens with zero attached hydrogens (tertiary/aromatic N) is 2. The van der Waals surface area contributed by atoms with Crippen molar-refractivity contribution in [2.24, 2.45) is 0 Å². The molecule has 0 saturated carbocycles. The van der Waals surface area contributed by atoms with Gasteiger partial charge >= 0.3 is 0 Å². The molecule has 0 radical (unpaired) electrons. The van der Waals surface area contributed by atoms with Crippen LogP contribution in [0.4, 0.5) is 5.69 Å². The van der Waals surface area contributed by atoms with Crippen molar-refractivity contribution in [2.45, 2.75) is 25.1 Å². The largest absolute Gasteiger partial charge is 0.394 e. The standard InChI is InChI=1S/C14H20N2O6S/c17-9-14(18)8-15(13-5-6-23(21,22)10-13)7-11-1-3-12(4-2-11)16(19)20/h1-4,13-14,17-18H,5-10H2/t13-,14+/m0/s1. The molecule has 8 nitrogen and oxygen atoms in total. The van der Waals surface area contributed by atoms with Crippen molar-refractivity contribution >= 4 is 15.5 Å². The van der Waals surface area contributed by atoms with E-state index in [-0.39, 0.29) is 29.8 Å². The molecule has 1 aromatic carbocycles. The molecular weight excluding hydrogens is 324 g/mol. The van der Waals surface area contributed by atoms with Gasteiger partial charge in [0.25, 0.3) is 5.69 Å². The highest BCUT2D eigenvalue weighted by molar-refractivity contribution is 7.91. The van der Waals surface area contributed by atoms with Crippen LogP contribution in [0.3, 0.4) is 0 Å². The van der Waals surface area contributed by atoms with E-state index in [0.29, 0.717) is 13.0 Å². The fraction of sp³-hybridized carbons (Fsp3) is 0.571. The molecule has 1 saturated heterocycles. The van der Waals surface area contributed by atoms with E-state index < -0.39 is 27.5 Å². The number of sulfone groups is 1. The van der Waals surface area contributed by atoms with Crippen LogP contribution in [0.2, 0.25) is 0 Å². The molecule has 0 spiro atoms. The third kappa shape index (κ3) is 4.96. The Balaban J connectivity index is 2.12. The van der Waals surface area contributed by atoms with Crippen LogP contribution in [-0.4, -0.2) is 65.3 Å². The Morgan fingerprint density at radius 2 is 2.00 bits per heavy atom. The van der Waals surface area contributed by atoms with Crippen LogP contribution in [0.15, 0.2) is 24.3 Å². The molecule has 0 unspecified atom stereocenters. The molecule has 0 bridgehead atoms. The van der Waals surface area contributed by atoms with Crippen molar-refractivity contribution in [2.75, 3.05) is 24.7 Å². The Kier molecular flexibility index (Phi) is 5.69. The molecule has 1 aliphatic heterocycles. The van der Waals surface area contributed by atoms with Crippen molar-refractivity contribution in [1.29, 1.82) is 0 Å². The summed E-state index contributed by atoms with van der Waals surface area (Å²) in [5.41, 5.74) is 0.768. The van der Waals surface area contributed by atoms with Gasteiger partial charge < -0.3 is 10.2 Å². The molecule has 2 atom stereocenters. The summed E-state index contributed by atoms with van der Waals surface area (Å²) in [6, 6.07) is 5.78. The van der Waals surface area contributed by atoms with E-state index in [0.717, 1.165) is 5.56 Å². The van der Waals surface area contributed by atoms with Crippen LogP contribution in [0, 0.1) is 10.1 Å². The van der Waals surface area contributed by atoms with E-state index in [2.05, 4.69) is 0 Å². The van der Waals surface area contributed by atoms with Crippen LogP contribution in [-0.2, 0) is 16.4 Å². The number of rotatable bonds is 7. The Hall–Kier alpha value is -1.55. The van der Waals surface area contributed by atoms with Gasteiger partial charge in [0.1, 0.15) is 0 Å². The van der Waals surface area contributed by atoms with Gasteiger partial charge in [-0.3, -0.25) is 15.0 Å². The molecule has 9 heteroatoms. The summed E-state index contributed by atoms with van der Waals surface area (Å²) in [5.74, 6) is 0.141. The minimum absolute atomic E-state index is 0.0147. The second-order valence-corrected chi connectivity index (χ2v) is 7.97. The summed E-state index contributed by atoms with van der Waals surface area (Å²) in [5, 5.41) is 29.4. The van der Waals surface area contributed by atoms with Crippen LogP contribution < -0.4 is 0 Å². The normalized spacial score (nSPS) is 21.4. The summed E-state index contributed by atoms with van der Waals surface area (Å²) >= 11 is 0. The molecular formula is C14H20N2O6S. The third-order valence-corrected chi connectivity index (χ3v) is 5.66. The first-order valence-corrected chi connectivity index (χ1v) is 9.09. The number of nitro groups is 1. The topological polar surface area (TPSA) is 121 Å². The molecule has 0 aromatic heterocycles. The summed E-state index contributed by atoms with van der Waals surface area (Å²) < 4.78 is 23.3. The van der Waals surface area contributed by atoms with Gasteiger partial charge in [-0.15, -0.1) is 0 Å². The lowest BCUT2D eigenvalue weighted by molar-refractivity contribution is -0.384. The fourth-order valence-corrected chi connectivity index (χ4v) is 4.45. The molecule has 1 heterocycles. The van der Waals surface area contributed by atoms with E-state index >= 15 is 0 Å². The highest BCUT2D eigenvalue weighted by atomic mass is 32.2. The van der Waals surface area contributed by atoms with E-state index in [1.54, 1.807) is 12.1 Å². The van der Waals surface area contributed by atoms with Gasteiger partial charge in [0.05, 0.1) is 29.1 Å². The van der Waals surface area contributed by atoms with Crippen molar-refractivity contribution in [3.63, 3.8) is 0 Å². The Morgan fingerprint density at radius 3 is 2.48 bits per heavy atom. The van der Waals surface area contributed by atoms with E-state index in [9.17, 15) is 23.6 Å². The smallest absolute Gasteiger partial charge is 0.269 e. The zero-order valence-corrected chi connectivity index (χ0v) is 13.4. The predicted molar refractivity (Wildman–Crippen MR) is 83.7 cm³/mol. The second-order valence-electron chi connectivity index (χ2n) is 5.75. The van der Waals surface area contributed by atoms with E-state index in [1.807, 2.05) is 4.90 Å². The van der Waals surface area contributed by atoms with Crippen LogP contribution in [0.25, 0.3) is 0 Å². The minimum atomic E-state index is -3.07. The van der Waals surface area contributed by atoms with E-state index in [4.69, 9.17) is 5.11 Å². The quantitative estimate of drug-likeness (QED) is 0.525. The number of non-ortho nitro benzene ring substituents is 1. The first kappa shape index (κ1) is 17.8. The van der Waals surface area contributed by atoms with Crippen molar-refractivity contribution in [1.82, 2.24) is 4.90 Å². The van der Waals surface area contributed by atoms with Gasteiger partial charge in [0.15, 0.2) is 9.84 Å². The molecule has 1 fully saturated rings. The lowest BCUT2D eigenvalue weighted by atomic mass is 10.1. The van der Waals surface area contributed by atoms with Gasteiger partial charge in [0, 0.05) is 31.3 Å². The monoisotopic (exact) mass is 344 g/mol. The number of benzene rings is 1. The lowest BCUT2D eigenvalue weighted by Gasteiger charge is -2.29. The number of hydrogen-bond donors (Lipinski definition) is 2. The molecule has 0 aliphatic carbocycles. The molecule has 128 valence electrons.